The maximum atomic E-state index is 9.40. The minimum Gasteiger partial charge on any atom is -0.508 e. The number of phenols is 1. The zero-order chi connectivity index (χ0) is 15.2. The first-order valence-electron chi connectivity index (χ1n) is 7.58. The minimum atomic E-state index is 0.294. The molecule has 114 valence electrons. The Kier molecular flexibility index (Phi) is 5.76. The molecule has 0 atom stereocenters. The molecule has 2 N–H and O–H groups in total. The second-order valence-corrected chi connectivity index (χ2v) is 6.79. The summed E-state index contributed by atoms with van der Waals surface area (Å²) in [4.78, 5) is 6.16. The van der Waals surface area contributed by atoms with Crippen molar-refractivity contribution in [2.75, 3.05) is 6.54 Å². The van der Waals surface area contributed by atoms with Crippen LogP contribution in [0.4, 0.5) is 0 Å². The molecule has 21 heavy (non-hydrogen) atoms. The van der Waals surface area contributed by atoms with Crippen molar-refractivity contribution in [1.82, 2.24) is 10.3 Å². The van der Waals surface area contributed by atoms with Gasteiger partial charge in [0.15, 0.2) is 0 Å². The summed E-state index contributed by atoms with van der Waals surface area (Å²) in [7, 11) is 0. The first-order chi connectivity index (χ1) is 10.1. The first-order valence-corrected chi connectivity index (χ1v) is 8.40. The van der Waals surface area contributed by atoms with Crippen molar-refractivity contribution in [3.8, 4) is 16.3 Å². The van der Waals surface area contributed by atoms with Crippen LogP contribution >= 0.6 is 11.3 Å². The summed E-state index contributed by atoms with van der Waals surface area (Å²) in [5.41, 5.74) is 2.28. The third-order valence-electron chi connectivity index (χ3n) is 3.21. The van der Waals surface area contributed by atoms with E-state index >= 15 is 0 Å². The molecule has 0 radical (unpaired) electrons. The predicted octanol–water partition coefficient (Wildman–Crippen LogP) is 4.21. The zero-order valence-electron chi connectivity index (χ0n) is 13.0. The lowest BCUT2D eigenvalue weighted by Gasteiger charge is -2.05. The van der Waals surface area contributed by atoms with E-state index in [2.05, 4.69) is 26.1 Å². The lowest BCUT2D eigenvalue weighted by molar-refractivity contribution is 0.475. The van der Waals surface area contributed by atoms with E-state index in [1.807, 2.05) is 12.1 Å². The summed E-state index contributed by atoms with van der Waals surface area (Å²) in [6.07, 6.45) is 2.15. The molecule has 0 saturated heterocycles. The third kappa shape index (κ3) is 4.55. The maximum Gasteiger partial charge on any atom is 0.123 e. The average Bonchev–Trinajstić information content (AvgIpc) is 2.82. The number of phenolic OH excluding ortho intramolecular Hbond substituents is 1. The fourth-order valence-corrected chi connectivity index (χ4v) is 3.24. The normalized spacial score (nSPS) is 11.2. The highest BCUT2D eigenvalue weighted by Gasteiger charge is 2.13. The van der Waals surface area contributed by atoms with Crippen LogP contribution in [0, 0.1) is 5.92 Å². The third-order valence-corrected chi connectivity index (χ3v) is 4.35. The van der Waals surface area contributed by atoms with Crippen molar-refractivity contribution in [1.29, 1.82) is 0 Å². The van der Waals surface area contributed by atoms with Crippen LogP contribution in [0.1, 0.15) is 37.8 Å². The molecule has 0 bridgehead atoms. The lowest BCUT2D eigenvalue weighted by atomic mass is 10.1. The van der Waals surface area contributed by atoms with Gasteiger partial charge >= 0.3 is 0 Å². The van der Waals surface area contributed by atoms with Gasteiger partial charge in [0, 0.05) is 17.0 Å². The van der Waals surface area contributed by atoms with E-state index in [0.29, 0.717) is 11.7 Å². The lowest BCUT2D eigenvalue weighted by Crippen LogP contribution is -2.14. The molecule has 2 rings (SSSR count). The molecular formula is C17H24N2OS. The first kappa shape index (κ1) is 16.0. The highest BCUT2D eigenvalue weighted by molar-refractivity contribution is 7.15. The van der Waals surface area contributed by atoms with Gasteiger partial charge in [-0.1, -0.05) is 20.8 Å². The number of nitrogens with one attached hydrogen (secondary N) is 1. The second-order valence-electron chi connectivity index (χ2n) is 5.71. The summed E-state index contributed by atoms with van der Waals surface area (Å²) in [5, 5.41) is 13.9. The molecule has 0 saturated carbocycles. The van der Waals surface area contributed by atoms with Crippen LogP contribution in [-0.2, 0) is 13.0 Å². The SMILES string of the molecule is CCCNCc1sc(-c2ccc(O)cc2)nc1CC(C)C. The minimum absolute atomic E-state index is 0.294. The number of aromatic nitrogens is 1. The number of hydrogen-bond donors (Lipinski definition) is 2. The van der Waals surface area contributed by atoms with Gasteiger partial charge in [-0.25, -0.2) is 4.98 Å². The molecule has 0 amide bonds. The van der Waals surface area contributed by atoms with Crippen molar-refractivity contribution >= 4 is 11.3 Å². The number of benzene rings is 1. The number of nitrogens with zero attached hydrogens (tertiary/aromatic N) is 1. The Morgan fingerprint density at radius 2 is 1.95 bits per heavy atom. The Morgan fingerprint density at radius 3 is 2.57 bits per heavy atom. The van der Waals surface area contributed by atoms with Crippen LogP contribution in [0.15, 0.2) is 24.3 Å². The number of rotatable bonds is 7. The summed E-state index contributed by atoms with van der Waals surface area (Å²) >= 11 is 1.76. The summed E-state index contributed by atoms with van der Waals surface area (Å²) in [6.45, 7) is 8.56. The van der Waals surface area contributed by atoms with Gasteiger partial charge in [-0.3, -0.25) is 0 Å². The quantitative estimate of drug-likeness (QED) is 0.753. The van der Waals surface area contributed by atoms with Gasteiger partial charge in [-0.2, -0.15) is 0 Å². The topological polar surface area (TPSA) is 45.1 Å². The van der Waals surface area contributed by atoms with Crippen molar-refractivity contribution in [2.45, 2.75) is 40.2 Å². The van der Waals surface area contributed by atoms with Crippen LogP contribution < -0.4 is 5.32 Å². The molecule has 4 heteroatoms. The summed E-state index contributed by atoms with van der Waals surface area (Å²) < 4.78 is 0. The summed E-state index contributed by atoms with van der Waals surface area (Å²) in [6, 6.07) is 7.29. The molecule has 0 spiro atoms. The molecule has 1 heterocycles. The molecule has 0 aliphatic rings. The van der Waals surface area contributed by atoms with E-state index in [1.165, 1.54) is 10.6 Å². The molecule has 3 nitrogen and oxygen atoms in total. The van der Waals surface area contributed by atoms with Gasteiger partial charge < -0.3 is 10.4 Å². The number of aromatic hydroxyl groups is 1. The van der Waals surface area contributed by atoms with E-state index in [1.54, 1.807) is 23.5 Å². The summed E-state index contributed by atoms with van der Waals surface area (Å²) in [5.74, 6) is 0.896. The van der Waals surface area contributed by atoms with Crippen LogP contribution in [0.3, 0.4) is 0 Å². The Bertz CT molecular complexity index is 561. The predicted molar refractivity (Wildman–Crippen MR) is 89.8 cm³/mol. The molecule has 0 aliphatic carbocycles. The molecule has 0 aliphatic heterocycles. The largest absolute Gasteiger partial charge is 0.508 e. The van der Waals surface area contributed by atoms with Gasteiger partial charge in [0.25, 0.3) is 0 Å². The molecular weight excluding hydrogens is 280 g/mol. The highest BCUT2D eigenvalue weighted by atomic mass is 32.1. The van der Waals surface area contributed by atoms with E-state index in [-0.39, 0.29) is 0 Å². The standard InChI is InChI=1S/C17H24N2OS/c1-4-9-18-11-16-15(10-12(2)3)19-17(21-16)13-5-7-14(20)8-6-13/h5-8,12,18,20H,4,9-11H2,1-3H3. The van der Waals surface area contributed by atoms with Gasteiger partial charge in [0.1, 0.15) is 10.8 Å². The number of thiazole rings is 1. The smallest absolute Gasteiger partial charge is 0.123 e. The van der Waals surface area contributed by atoms with E-state index in [4.69, 9.17) is 4.98 Å². The fraction of sp³-hybridized carbons (Fsp3) is 0.471. The van der Waals surface area contributed by atoms with Crippen LogP contribution in [-0.4, -0.2) is 16.6 Å². The maximum absolute atomic E-state index is 9.40. The second kappa shape index (κ2) is 7.57. The Balaban J connectivity index is 2.23. The van der Waals surface area contributed by atoms with Gasteiger partial charge in [0.2, 0.25) is 0 Å². The van der Waals surface area contributed by atoms with E-state index in [9.17, 15) is 5.11 Å². The van der Waals surface area contributed by atoms with Crippen molar-refractivity contribution < 1.29 is 5.11 Å². The van der Waals surface area contributed by atoms with Gasteiger partial charge in [-0.05, 0) is 49.6 Å². The van der Waals surface area contributed by atoms with E-state index in [0.717, 1.165) is 36.5 Å². The molecule has 2 aromatic rings. The van der Waals surface area contributed by atoms with Crippen LogP contribution in [0.5, 0.6) is 5.75 Å². The van der Waals surface area contributed by atoms with Gasteiger partial charge in [-0.15, -0.1) is 11.3 Å². The molecule has 1 aromatic heterocycles. The number of hydrogen-bond acceptors (Lipinski definition) is 4. The highest BCUT2D eigenvalue weighted by Crippen LogP contribution is 2.30. The van der Waals surface area contributed by atoms with Crippen molar-refractivity contribution in [2.24, 2.45) is 5.92 Å². The fourth-order valence-electron chi connectivity index (χ4n) is 2.17. The van der Waals surface area contributed by atoms with Crippen molar-refractivity contribution in [3.63, 3.8) is 0 Å². The Labute approximate surface area is 131 Å². The van der Waals surface area contributed by atoms with Gasteiger partial charge in [0.05, 0.1) is 5.69 Å². The Morgan fingerprint density at radius 1 is 1.24 bits per heavy atom. The van der Waals surface area contributed by atoms with E-state index < -0.39 is 0 Å². The molecule has 1 aromatic carbocycles. The van der Waals surface area contributed by atoms with Crippen LogP contribution in [0.25, 0.3) is 10.6 Å². The zero-order valence-corrected chi connectivity index (χ0v) is 13.8. The van der Waals surface area contributed by atoms with Crippen LogP contribution in [0.2, 0.25) is 0 Å². The Hall–Kier alpha value is -1.39. The van der Waals surface area contributed by atoms with Crippen molar-refractivity contribution in [3.05, 3.63) is 34.8 Å². The average molecular weight is 304 g/mol. The monoisotopic (exact) mass is 304 g/mol. The molecule has 0 fully saturated rings. The molecule has 0 unspecified atom stereocenters.